The first-order valence-electron chi connectivity index (χ1n) is 12.1. The van der Waals surface area contributed by atoms with E-state index in [0.29, 0.717) is 43.2 Å². The first-order valence-corrected chi connectivity index (χ1v) is 12.1. The van der Waals surface area contributed by atoms with Gasteiger partial charge in [0.05, 0.1) is 12.7 Å². The van der Waals surface area contributed by atoms with E-state index in [2.05, 4.69) is 30.6 Å². The second-order valence-corrected chi connectivity index (χ2v) is 8.66. The Hall–Kier alpha value is -4.55. The van der Waals surface area contributed by atoms with Crippen LogP contribution in [0.2, 0.25) is 0 Å². The standard InChI is InChI=1S/C26H28N8O4/c1-37-22-20(38-15-18(35)14-28-11-16-5-3-2-4-6-16)8-7-19-21(22)32-26(34-10-9-29-23(19)34)33-24(36)17-12-30-25(27)31-13-17/h2-8,12-13,18,28-29,35H,9-11,14-15H2,1H3,(H2,27,30,31). The second-order valence-electron chi connectivity index (χ2n) is 8.66. The fourth-order valence-electron chi connectivity index (χ4n) is 4.17. The van der Waals surface area contributed by atoms with E-state index >= 15 is 0 Å². The number of hydrogen-bond donors (Lipinski definition) is 4. The Morgan fingerprint density at radius 3 is 2.79 bits per heavy atom. The largest absolute Gasteiger partial charge is 0.491 e. The predicted octanol–water partition coefficient (Wildman–Crippen LogP) is 1.11. The lowest BCUT2D eigenvalue weighted by atomic mass is 10.2. The number of rotatable bonds is 9. The highest BCUT2D eigenvalue weighted by atomic mass is 16.5. The lowest BCUT2D eigenvalue weighted by Gasteiger charge is -2.17. The molecule has 4 aromatic rings. The van der Waals surface area contributed by atoms with Crippen molar-refractivity contribution in [3.63, 3.8) is 0 Å². The van der Waals surface area contributed by atoms with E-state index in [0.717, 1.165) is 16.8 Å². The molecular formula is C26H28N8O4. The summed E-state index contributed by atoms with van der Waals surface area (Å²) >= 11 is 0. The Morgan fingerprint density at radius 1 is 1.24 bits per heavy atom. The molecule has 12 heteroatoms. The number of nitrogen functional groups attached to an aromatic ring is 1. The molecule has 0 spiro atoms. The van der Waals surface area contributed by atoms with Crippen LogP contribution in [0.15, 0.2) is 59.9 Å². The number of aliphatic hydroxyl groups excluding tert-OH is 1. The van der Waals surface area contributed by atoms with Crippen molar-refractivity contribution in [2.45, 2.75) is 19.2 Å². The molecule has 12 nitrogen and oxygen atoms in total. The molecule has 5 N–H and O–H groups in total. The number of methoxy groups -OCH3 is 1. The number of benzene rings is 2. The predicted molar refractivity (Wildman–Crippen MR) is 141 cm³/mol. The second kappa shape index (κ2) is 11.2. The molecule has 1 aliphatic heterocycles. The number of nitrogens with zero attached hydrogens (tertiary/aromatic N) is 5. The van der Waals surface area contributed by atoms with Gasteiger partial charge in [-0.05, 0) is 17.7 Å². The maximum atomic E-state index is 12.8. The molecule has 0 saturated carbocycles. The van der Waals surface area contributed by atoms with E-state index in [1.807, 2.05) is 41.0 Å². The van der Waals surface area contributed by atoms with Crippen LogP contribution >= 0.6 is 0 Å². The first-order chi connectivity index (χ1) is 18.5. The number of hydrogen-bond acceptors (Lipinski definition) is 10. The van der Waals surface area contributed by atoms with Crippen LogP contribution in [-0.4, -0.2) is 63.4 Å². The monoisotopic (exact) mass is 516 g/mol. The SMILES string of the molecule is COc1c(OCC(O)CNCc2ccccc2)ccc2c3n(c(=NC(=O)c4cnc(N)nc4)nc12)CCN3. The topological polar surface area (TPSA) is 162 Å². The number of carbonyl (C=O) groups is 1. The normalized spacial score (nSPS) is 13.7. The quantitative estimate of drug-likeness (QED) is 0.254. The van der Waals surface area contributed by atoms with Gasteiger partial charge in [0.1, 0.15) is 24.0 Å². The molecule has 196 valence electrons. The maximum Gasteiger partial charge on any atom is 0.283 e. The van der Waals surface area contributed by atoms with E-state index in [9.17, 15) is 9.90 Å². The summed E-state index contributed by atoms with van der Waals surface area (Å²) in [6.07, 6.45) is 1.91. The van der Waals surface area contributed by atoms with Crippen LogP contribution in [0.5, 0.6) is 11.5 Å². The molecule has 1 amide bonds. The number of nitrogens with one attached hydrogen (secondary N) is 2. The zero-order chi connectivity index (χ0) is 26.5. The summed E-state index contributed by atoms with van der Waals surface area (Å²) in [5.74, 6) is 1.09. The summed E-state index contributed by atoms with van der Waals surface area (Å²) in [4.78, 5) is 29.4. The summed E-state index contributed by atoms with van der Waals surface area (Å²) in [7, 11) is 1.52. The molecule has 2 aromatic carbocycles. The Kier molecular flexibility index (Phi) is 7.43. The van der Waals surface area contributed by atoms with Crippen molar-refractivity contribution in [1.82, 2.24) is 24.8 Å². The summed E-state index contributed by atoms with van der Waals surface area (Å²) in [6.45, 7) is 2.30. The van der Waals surface area contributed by atoms with Crippen LogP contribution in [0.1, 0.15) is 15.9 Å². The fraction of sp³-hybridized carbons (Fsp3) is 0.269. The highest BCUT2D eigenvalue weighted by Gasteiger charge is 2.21. The van der Waals surface area contributed by atoms with Gasteiger partial charge in [-0.1, -0.05) is 30.3 Å². The van der Waals surface area contributed by atoms with E-state index < -0.39 is 12.0 Å². The van der Waals surface area contributed by atoms with Gasteiger partial charge in [0.25, 0.3) is 5.91 Å². The number of aromatic nitrogens is 4. The van der Waals surface area contributed by atoms with Gasteiger partial charge in [0.15, 0.2) is 11.5 Å². The van der Waals surface area contributed by atoms with Gasteiger partial charge in [0.2, 0.25) is 11.6 Å². The molecule has 5 rings (SSSR count). The number of aliphatic hydroxyl groups is 1. The first kappa shape index (κ1) is 25.1. The Labute approximate surface area is 218 Å². The van der Waals surface area contributed by atoms with Gasteiger partial charge >= 0.3 is 0 Å². The molecule has 1 aliphatic rings. The Balaban J connectivity index is 1.38. The number of ether oxygens (including phenoxy) is 2. The van der Waals surface area contributed by atoms with Crippen molar-refractivity contribution in [2.75, 3.05) is 37.9 Å². The summed E-state index contributed by atoms with van der Waals surface area (Å²) < 4.78 is 13.4. The smallest absolute Gasteiger partial charge is 0.283 e. The average Bonchev–Trinajstić information content (AvgIpc) is 3.43. The third-order valence-corrected chi connectivity index (χ3v) is 6.01. The molecule has 0 fully saturated rings. The number of amides is 1. The summed E-state index contributed by atoms with van der Waals surface area (Å²) in [5, 5.41) is 17.8. The Morgan fingerprint density at radius 2 is 2.03 bits per heavy atom. The van der Waals surface area contributed by atoms with Gasteiger partial charge in [0, 0.05) is 44.0 Å². The number of fused-ring (bicyclic) bond motifs is 3. The third-order valence-electron chi connectivity index (χ3n) is 6.01. The Bertz CT molecular complexity index is 1510. The minimum Gasteiger partial charge on any atom is -0.491 e. The van der Waals surface area contributed by atoms with Crippen molar-refractivity contribution in [3.8, 4) is 11.5 Å². The summed E-state index contributed by atoms with van der Waals surface area (Å²) in [6, 6.07) is 13.6. The van der Waals surface area contributed by atoms with E-state index in [4.69, 9.17) is 15.2 Å². The van der Waals surface area contributed by atoms with Gasteiger partial charge in [-0.2, -0.15) is 4.99 Å². The average molecular weight is 517 g/mol. The zero-order valence-electron chi connectivity index (χ0n) is 20.8. The lowest BCUT2D eigenvalue weighted by molar-refractivity contribution is 0.0995. The number of carbonyl (C=O) groups excluding carboxylic acids is 1. The highest BCUT2D eigenvalue weighted by molar-refractivity contribution is 5.96. The van der Waals surface area contributed by atoms with Crippen molar-refractivity contribution < 1.29 is 19.4 Å². The fourth-order valence-corrected chi connectivity index (χ4v) is 4.17. The van der Waals surface area contributed by atoms with Gasteiger partial charge in [-0.25, -0.2) is 15.0 Å². The van der Waals surface area contributed by atoms with Crippen LogP contribution in [-0.2, 0) is 13.1 Å². The van der Waals surface area contributed by atoms with Gasteiger partial charge < -0.3 is 30.9 Å². The molecular weight excluding hydrogens is 488 g/mol. The van der Waals surface area contributed by atoms with E-state index in [-0.39, 0.29) is 23.7 Å². The number of anilines is 2. The van der Waals surface area contributed by atoms with Crippen molar-refractivity contribution >= 4 is 28.6 Å². The van der Waals surface area contributed by atoms with Crippen LogP contribution in [0.3, 0.4) is 0 Å². The van der Waals surface area contributed by atoms with Crippen molar-refractivity contribution in [1.29, 1.82) is 0 Å². The minimum absolute atomic E-state index is 0.0501. The van der Waals surface area contributed by atoms with Gasteiger partial charge in [-0.3, -0.25) is 9.36 Å². The molecule has 0 radical (unpaired) electrons. The lowest BCUT2D eigenvalue weighted by Crippen LogP contribution is -2.31. The van der Waals surface area contributed by atoms with E-state index in [1.54, 1.807) is 6.07 Å². The maximum absolute atomic E-state index is 12.8. The van der Waals surface area contributed by atoms with Crippen molar-refractivity contribution in [2.24, 2.45) is 4.99 Å². The van der Waals surface area contributed by atoms with Gasteiger partial charge in [-0.15, -0.1) is 0 Å². The third kappa shape index (κ3) is 5.41. The molecule has 3 heterocycles. The van der Waals surface area contributed by atoms with Crippen LogP contribution in [0.4, 0.5) is 11.8 Å². The summed E-state index contributed by atoms with van der Waals surface area (Å²) in [5.41, 5.74) is 7.53. The van der Waals surface area contributed by atoms with Crippen molar-refractivity contribution in [3.05, 3.63) is 71.6 Å². The molecule has 2 aromatic heterocycles. The molecule has 0 saturated heterocycles. The zero-order valence-corrected chi connectivity index (χ0v) is 20.8. The highest BCUT2D eigenvalue weighted by Crippen LogP contribution is 2.37. The molecule has 38 heavy (non-hydrogen) atoms. The minimum atomic E-state index is -0.741. The van der Waals surface area contributed by atoms with Crippen LogP contribution in [0.25, 0.3) is 10.9 Å². The number of nitrogens with two attached hydrogens (primary N) is 1. The molecule has 1 atom stereocenters. The van der Waals surface area contributed by atoms with Crippen LogP contribution in [0, 0.1) is 0 Å². The molecule has 0 bridgehead atoms. The van der Waals surface area contributed by atoms with E-state index in [1.165, 1.54) is 19.5 Å². The van der Waals surface area contributed by atoms with Crippen LogP contribution < -0.4 is 31.5 Å². The molecule has 0 aliphatic carbocycles. The molecule has 1 unspecified atom stereocenters.